The minimum Gasteiger partial charge on any atom is -0.497 e. The zero-order chi connectivity index (χ0) is 22.1. The summed E-state index contributed by atoms with van der Waals surface area (Å²) in [4.78, 5) is 27.0. The number of carbonyl (C=O) groups is 2. The van der Waals surface area contributed by atoms with E-state index < -0.39 is 11.8 Å². The van der Waals surface area contributed by atoms with Crippen molar-refractivity contribution in [1.82, 2.24) is 9.88 Å². The lowest BCUT2D eigenvalue weighted by molar-refractivity contribution is -0.122. The van der Waals surface area contributed by atoms with Crippen molar-refractivity contribution >= 4 is 56.8 Å². The van der Waals surface area contributed by atoms with Gasteiger partial charge in [0.25, 0.3) is 11.8 Å². The van der Waals surface area contributed by atoms with Gasteiger partial charge in [0.2, 0.25) is 0 Å². The molecule has 0 saturated carbocycles. The second-order valence-electron chi connectivity index (χ2n) is 6.92. The molecule has 1 aromatic heterocycles. The van der Waals surface area contributed by atoms with Crippen LogP contribution < -0.4 is 15.0 Å². The molecular weight excluding hydrogens is 478 g/mol. The minimum atomic E-state index is -0.516. The number of benzene rings is 2. The Labute approximate surface area is 193 Å². The quantitative estimate of drug-likeness (QED) is 0.331. The molecule has 2 aromatic carbocycles. The molecule has 2 amide bonds. The fourth-order valence-electron chi connectivity index (χ4n) is 3.35. The Morgan fingerprint density at radius 3 is 2.32 bits per heavy atom. The third-order valence-electron chi connectivity index (χ3n) is 4.88. The number of amides is 2. The summed E-state index contributed by atoms with van der Waals surface area (Å²) in [6.45, 7) is 1.96. The number of ether oxygens (including phenoxy) is 1. The fraction of sp³-hybridized carbons (Fsp3) is 0.0870. The Morgan fingerprint density at radius 2 is 1.68 bits per heavy atom. The highest BCUT2D eigenvalue weighted by Gasteiger charge is 2.34. The Hall–Kier alpha value is -3.23. The molecule has 6 nitrogen and oxygen atoms in total. The molecule has 2 heterocycles. The van der Waals surface area contributed by atoms with Crippen LogP contribution in [0.15, 0.2) is 70.8 Å². The maximum atomic E-state index is 13.1. The molecule has 0 spiro atoms. The summed E-state index contributed by atoms with van der Waals surface area (Å²) in [5.41, 5.74) is 3.23. The van der Waals surface area contributed by atoms with E-state index in [4.69, 9.17) is 17.0 Å². The van der Waals surface area contributed by atoms with Crippen LogP contribution in [0, 0.1) is 6.92 Å². The van der Waals surface area contributed by atoms with Crippen molar-refractivity contribution < 1.29 is 14.3 Å². The van der Waals surface area contributed by atoms with Crippen LogP contribution in [-0.4, -0.2) is 28.6 Å². The predicted octanol–water partition coefficient (Wildman–Crippen LogP) is 4.39. The van der Waals surface area contributed by atoms with Gasteiger partial charge in [-0.2, -0.15) is 0 Å². The van der Waals surface area contributed by atoms with Gasteiger partial charge in [-0.15, -0.1) is 0 Å². The molecule has 0 bridgehead atoms. The number of carbonyl (C=O) groups excluding carboxylic acids is 2. The maximum Gasteiger partial charge on any atom is 0.270 e. The number of hydrogen-bond acceptors (Lipinski definition) is 4. The molecule has 1 aliphatic heterocycles. The molecular formula is C23H18BrN3O3S. The van der Waals surface area contributed by atoms with Crippen LogP contribution in [0.3, 0.4) is 0 Å². The van der Waals surface area contributed by atoms with Crippen molar-refractivity contribution in [2.24, 2.45) is 0 Å². The topological polar surface area (TPSA) is 63.6 Å². The van der Waals surface area contributed by atoms with Crippen molar-refractivity contribution in [1.29, 1.82) is 0 Å². The molecule has 0 unspecified atom stereocenters. The highest BCUT2D eigenvalue weighted by Crippen LogP contribution is 2.25. The number of halogens is 1. The van der Waals surface area contributed by atoms with Gasteiger partial charge in [0, 0.05) is 22.1 Å². The molecule has 1 N–H and O–H groups in total. The number of nitrogens with zero attached hydrogens (tertiary/aromatic N) is 2. The zero-order valence-corrected chi connectivity index (χ0v) is 19.2. The molecule has 1 fully saturated rings. The van der Waals surface area contributed by atoms with Crippen LogP contribution in [0.5, 0.6) is 5.75 Å². The summed E-state index contributed by atoms with van der Waals surface area (Å²) >= 11 is 8.62. The van der Waals surface area contributed by atoms with E-state index in [0.717, 1.165) is 27.2 Å². The summed E-state index contributed by atoms with van der Waals surface area (Å²) in [7, 11) is 1.62. The first-order valence-electron chi connectivity index (χ1n) is 9.38. The highest BCUT2D eigenvalue weighted by atomic mass is 79.9. The summed E-state index contributed by atoms with van der Waals surface area (Å²) in [6.07, 6.45) is 3.46. The van der Waals surface area contributed by atoms with Crippen molar-refractivity contribution in [3.05, 3.63) is 82.1 Å². The first-order chi connectivity index (χ1) is 14.9. The van der Waals surface area contributed by atoms with E-state index in [-0.39, 0.29) is 10.7 Å². The monoisotopic (exact) mass is 495 g/mol. The van der Waals surface area contributed by atoms with Crippen molar-refractivity contribution in [3.8, 4) is 11.4 Å². The molecule has 8 heteroatoms. The summed E-state index contributed by atoms with van der Waals surface area (Å²) in [6, 6.07) is 16.7. The Bertz CT molecular complexity index is 1210. The number of anilines is 1. The first-order valence-corrected chi connectivity index (χ1v) is 10.6. The number of nitrogens with one attached hydrogen (secondary N) is 1. The standard InChI is InChI=1S/C23H18BrN3O3S/c1-14-11-15(13-26(14)17-7-9-19(30-2)10-8-17)12-20-21(28)25-23(31)27(22(20)29)18-5-3-16(24)4-6-18/h3-13H,1-2H3,(H,25,28,31)/b20-12-. The van der Waals surface area contributed by atoms with Crippen LogP contribution in [0.25, 0.3) is 11.8 Å². The van der Waals surface area contributed by atoms with Crippen LogP contribution in [0.1, 0.15) is 11.3 Å². The van der Waals surface area contributed by atoms with Gasteiger partial charge >= 0.3 is 0 Å². The van der Waals surface area contributed by atoms with E-state index in [1.165, 1.54) is 4.90 Å². The Balaban J connectivity index is 1.68. The normalized spacial score (nSPS) is 15.4. The van der Waals surface area contributed by atoms with E-state index in [9.17, 15) is 9.59 Å². The highest BCUT2D eigenvalue weighted by molar-refractivity contribution is 9.10. The molecule has 156 valence electrons. The molecule has 1 saturated heterocycles. The number of thiocarbonyl (C=S) groups is 1. The van der Waals surface area contributed by atoms with E-state index in [1.54, 1.807) is 25.3 Å². The van der Waals surface area contributed by atoms with Gasteiger partial charge in [-0.1, -0.05) is 15.9 Å². The number of aromatic nitrogens is 1. The number of aryl methyl sites for hydroxylation is 1. The summed E-state index contributed by atoms with van der Waals surface area (Å²) < 4.78 is 8.06. The van der Waals surface area contributed by atoms with Gasteiger partial charge in [-0.3, -0.25) is 19.8 Å². The lowest BCUT2D eigenvalue weighted by atomic mass is 10.1. The fourth-order valence-corrected chi connectivity index (χ4v) is 3.89. The van der Waals surface area contributed by atoms with E-state index in [0.29, 0.717) is 5.69 Å². The largest absolute Gasteiger partial charge is 0.497 e. The van der Waals surface area contributed by atoms with E-state index in [1.807, 2.05) is 60.2 Å². The van der Waals surface area contributed by atoms with Gasteiger partial charge in [0.05, 0.1) is 12.8 Å². The smallest absolute Gasteiger partial charge is 0.270 e. The van der Waals surface area contributed by atoms with Crippen LogP contribution in [0.2, 0.25) is 0 Å². The Morgan fingerprint density at radius 1 is 1.03 bits per heavy atom. The lowest BCUT2D eigenvalue weighted by Crippen LogP contribution is -2.54. The Kier molecular flexibility index (Phi) is 5.75. The van der Waals surface area contributed by atoms with Gasteiger partial charge in [-0.05, 0) is 85.4 Å². The van der Waals surface area contributed by atoms with E-state index >= 15 is 0 Å². The number of rotatable bonds is 4. The molecule has 31 heavy (non-hydrogen) atoms. The average Bonchev–Trinajstić information content (AvgIpc) is 3.12. The van der Waals surface area contributed by atoms with Crippen LogP contribution in [0.4, 0.5) is 5.69 Å². The van der Waals surface area contributed by atoms with Gasteiger partial charge < -0.3 is 9.30 Å². The average molecular weight is 496 g/mol. The number of hydrogen-bond donors (Lipinski definition) is 1. The van der Waals surface area contributed by atoms with Crippen LogP contribution >= 0.6 is 28.1 Å². The molecule has 1 aliphatic rings. The summed E-state index contributed by atoms with van der Waals surface area (Å²) in [5, 5.41) is 2.66. The van der Waals surface area contributed by atoms with Crippen molar-refractivity contribution in [2.75, 3.05) is 12.0 Å². The number of methoxy groups -OCH3 is 1. The third kappa shape index (κ3) is 4.17. The van der Waals surface area contributed by atoms with Gasteiger partial charge in [-0.25, -0.2) is 0 Å². The van der Waals surface area contributed by atoms with Gasteiger partial charge in [0.15, 0.2) is 5.11 Å². The first kappa shape index (κ1) is 21.0. The second-order valence-corrected chi connectivity index (χ2v) is 8.22. The van der Waals surface area contributed by atoms with Crippen molar-refractivity contribution in [3.63, 3.8) is 0 Å². The van der Waals surface area contributed by atoms with Crippen LogP contribution in [-0.2, 0) is 9.59 Å². The molecule has 3 aromatic rings. The lowest BCUT2D eigenvalue weighted by Gasteiger charge is -2.28. The molecule has 0 atom stereocenters. The minimum absolute atomic E-state index is 0.0170. The second kappa shape index (κ2) is 8.49. The molecule has 0 radical (unpaired) electrons. The molecule has 0 aliphatic carbocycles. The summed E-state index contributed by atoms with van der Waals surface area (Å²) in [5.74, 6) is -0.214. The predicted molar refractivity (Wildman–Crippen MR) is 127 cm³/mol. The van der Waals surface area contributed by atoms with Gasteiger partial charge in [0.1, 0.15) is 11.3 Å². The SMILES string of the molecule is COc1ccc(-n2cc(/C=C3/C(=O)NC(=S)N(c4ccc(Br)cc4)C3=O)cc2C)cc1. The maximum absolute atomic E-state index is 13.1. The zero-order valence-electron chi connectivity index (χ0n) is 16.8. The molecule has 4 rings (SSSR count). The van der Waals surface area contributed by atoms with E-state index in [2.05, 4.69) is 21.2 Å². The van der Waals surface area contributed by atoms with Crippen molar-refractivity contribution in [2.45, 2.75) is 6.92 Å². The third-order valence-corrected chi connectivity index (χ3v) is 5.70.